The number of rotatable bonds is 5. The first kappa shape index (κ1) is 13.1. The van der Waals surface area contributed by atoms with Gasteiger partial charge in [0.05, 0.1) is 5.56 Å². The lowest BCUT2D eigenvalue weighted by atomic mass is 10.1. The van der Waals surface area contributed by atoms with E-state index in [1.54, 1.807) is 11.3 Å². The predicted molar refractivity (Wildman–Crippen MR) is 75.0 cm³/mol. The number of aliphatic hydroxyl groups is 1. The number of carbonyl (C=O) groups is 1. The molecule has 0 saturated carbocycles. The minimum atomic E-state index is -0.0303. The summed E-state index contributed by atoms with van der Waals surface area (Å²) >= 11 is 1.59. The van der Waals surface area contributed by atoms with Gasteiger partial charge in [-0.05, 0) is 18.4 Å². The first-order chi connectivity index (χ1) is 8.72. The molecule has 0 spiro atoms. The van der Waals surface area contributed by atoms with Crippen LogP contribution in [-0.4, -0.2) is 24.2 Å². The fourth-order valence-electron chi connectivity index (χ4n) is 1.84. The van der Waals surface area contributed by atoms with Crippen LogP contribution in [0.3, 0.4) is 0 Å². The van der Waals surface area contributed by atoms with Crippen molar-refractivity contribution in [1.29, 1.82) is 0 Å². The van der Waals surface area contributed by atoms with Gasteiger partial charge >= 0.3 is 0 Å². The second-order valence-corrected chi connectivity index (χ2v) is 5.38. The van der Waals surface area contributed by atoms with Crippen molar-refractivity contribution >= 4 is 27.3 Å². The van der Waals surface area contributed by atoms with Crippen molar-refractivity contribution < 1.29 is 9.90 Å². The molecule has 0 saturated heterocycles. The molecule has 2 rings (SSSR count). The third-order valence-electron chi connectivity index (χ3n) is 2.96. The van der Waals surface area contributed by atoms with Crippen LogP contribution in [0.2, 0.25) is 0 Å². The third-order valence-corrected chi connectivity index (χ3v) is 3.92. The van der Waals surface area contributed by atoms with Crippen molar-refractivity contribution in [3.8, 4) is 0 Å². The number of thiophene rings is 1. The number of aliphatic hydroxyl groups excluding tert-OH is 1. The van der Waals surface area contributed by atoms with Crippen molar-refractivity contribution in [2.24, 2.45) is 5.92 Å². The minimum Gasteiger partial charge on any atom is -0.396 e. The molecule has 1 amide bonds. The monoisotopic (exact) mass is 263 g/mol. The van der Waals surface area contributed by atoms with E-state index in [0.29, 0.717) is 18.9 Å². The Kier molecular flexibility index (Phi) is 4.33. The van der Waals surface area contributed by atoms with E-state index in [1.165, 1.54) is 0 Å². The summed E-state index contributed by atoms with van der Waals surface area (Å²) in [5.74, 6) is 0.265. The average Bonchev–Trinajstić information content (AvgIpc) is 2.80. The standard InChI is InChI=1S/C14H17NO2S/c1-10(6-7-16)8-15-14(17)12-9-18-13-5-3-2-4-11(12)13/h2-5,9-10,16H,6-8H2,1H3,(H,15,17). The first-order valence-electron chi connectivity index (χ1n) is 6.07. The lowest BCUT2D eigenvalue weighted by Crippen LogP contribution is -2.28. The quantitative estimate of drug-likeness (QED) is 0.871. The highest BCUT2D eigenvalue weighted by Crippen LogP contribution is 2.25. The molecular weight excluding hydrogens is 246 g/mol. The molecule has 1 aromatic heterocycles. The molecule has 3 nitrogen and oxygen atoms in total. The number of hydrogen-bond acceptors (Lipinski definition) is 3. The van der Waals surface area contributed by atoms with Crippen LogP contribution in [0.25, 0.3) is 10.1 Å². The van der Waals surface area contributed by atoms with E-state index in [0.717, 1.165) is 15.6 Å². The van der Waals surface area contributed by atoms with E-state index >= 15 is 0 Å². The largest absolute Gasteiger partial charge is 0.396 e. The van der Waals surface area contributed by atoms with Gasteiger partial charge in [-0.3, -0.25) is 4.79 Å². The predicted octanol–water partition coefficient (Wildman–Crippen LogP) is 2.65. The van der Waals surface area contributed by atoms with Gasteiger partial charge in [0.25, 0.3) is 5.91 Å². The Labute approximate surface area is 110 Å². The number of hydrogen-bond donors (Lipinski definition) is 2. The van der Waals surface area contributed by atoms with Crippen LogP contribution in [0, 0.1) is 5.92 Å². The van der Waals surface area contributed by atoms with E-state index in [1.807, 2.05) is 36.6 Å². The van der Waals surface area contributed by atoms with E-state index < -0.39 is 0 Å². The molecule has 1 atom stereocenters. The zero-order valence-corrected chi connectivity index (χ0v) is 11.2. The summed E-state index contributed by atoms with van der Waals surface area (Å²) < 4.78 is 1.13. The van der Waals surface area contributed by atoms with Gasteiger partial charge in [0, 0.05) is 28.6 Å². The number of benzene rings is 1. The lowest BCUT2D eigenvalue weighted by Gasteiger charge is -2.10. The van der Waals surface area contributed by atoms with Gasteiger partial charge in [0.1, 0.15) is 0 Å². The van der Waals surface area contributed by atoms with Gasteiger partial charge in [0.2, 0.25) is 0 Å². The topological polar surface area (TPSA) is 49.3 Å². The maximum atomic E-state index is 12.1. The van der Waals surface area contributed by atoms with Crippen LogP contribution in [0.5, 0.6) is 0 Å². The lowest BCUT2D eigenvalue weighted by molar-refractivity contribution is 0.0947. The fourth-order valence-corrected chi connectivity index (χ4v) is 2.78. The summed E-state index contributed by atoms with van der Waals surface area (Å²) in [5.41, 5.74) is 0.742. The van der Waals surface area contributed by atoms with Crippen molar-refractivity contribution in [2.45, 2.75) is 13.3 Å². The maximum absolute atomic E-state index is 12.1. The number of amides is 1. The van der Waals surface area contributed by atoms with E-state index in [-0.39, 0.29) is 12.5 Å². The molecule has 0 bridgehead atoms. The molecule has 1 aromatic carbocycles. The van der Waals surface area contributed by atoms with Crippen LogP contribution in [0.15, 0.2) is 29.6 Å². The second kappa shape index (κ2) is 5.98. The molecular formula is C14H17NO2S. The van der Waals surface area contributed by atoms with Crippen LogP contribution < -0.4 is 5.32 Å². The van der Waals surface area contributed by atoms with Gasteiger partial charge < -0.3 is 10.4 Å². The van der Waals surface area contributed by atoms with Gasteiger partial charge in [-0.15, -0.1) is 11.3 Å². The molecule has 4 heteroatoms. The molecule has 96 valence electrons. The van der Waals surface area contributed by atoms with E-state index in [2.05, 4.69) is 5.32 Å². The normalized spacial score (nSPS) is 12.6. The zero-order valence-electron chi connectivity index (χ0n) is 10.3. The molecule has 2 aromatic rings. The van der Waals surface area contributed by atoms with Crippen LogP contribution >= 0.6 is 11.3 Å². The van der Waals surface area contributed by atoms with Gasteiger partial charge in [-0.1, -0.05) is 25.1 Å². The summed E-state index contributed by atoms with van der Waals surface area (Å²) in [6.07, 6.45) is 0.713. The summed E-state index contributed by atoms with van der Waals surface area (Å²) in [4.78, 5) is 12.1. The summed E-state index contributed by atoms with van der Waals surface area (Å²) in [5, 5.41) is 14.6. The van der Waals surface area contributed by atoms with Gasteiger partial charge in [0.15, 0.2) is 0 Å². The molecule has 0 aliphatic heterocycles. The van der Waals surface area contributed by atoms with Crippen LogP contribution in [-0.2, 0) is 0 Å². The molecule has 1 unspecified atom stereocenters. The van der Waals surface area contributed by atoms with E-state index in [4.69, 9.17) is 5.11 Å². The summed E-state index contributed by atoms with van der Waals surface area (Å²) in [6.45, 7) is 2.78. The van der Waals surface area contributed by atoms with Gasteiger partial charge in [-0.2, -0.15) is 0 Å². The Bertz CT molecular complexity index is 535. The Balaban J connectivity index is 2.05. The second-order valence-electron chi connectivity index (χ2n) is 4.47. The van der Waals surface area contributed by atoms with Crippen molar-refractivity contribution in [1.82, 2.24) is 5.32 Å². The van der Waals surface area contributed by atoms with Gasteiger partial charge in [-0.25, -0.2) is 0 Å². The highest BCUT2D eigenvalue weighted by molar-refractivity contribution is 7.17. The molecule has 1 heterocycles. The number of nitrogens with one attached hydrogen (secondary N) is 1. The fraction of sp³-hybridized carbons (Fsp3) is 0.357. The number of carbonyl (C=O) groups excluding carboxylic acids is 1. The van der Waals surface area contributed by atoms with Crippen molar-refractivity contribution in [3.63, 3.8) is 0 Å². The Morgan fingerprint density at radius 2 is 2.22 bits per heavy atom. The first-order valence-corrected chi connectivity index (χ1v) is 6.95. The van der Waals surface area contributed by atoms with Crippen molar-refractivity contribution in [2.75, 3.05) is 13.2 Å². The molecule has 0 aliphatic carbocycles. The van der Waals surface area contributed by atoms with Crippen LogP contribution in [0.1, 0.15) is 23.7 Å². The van der Waals surface area contributed by atoms with Crippen molar-refractivity contribution in [3.05, 3.63) is 35.2 Å². The summed E-state index contributed by atoms with van der Waals surface area (Å²) in [7, 11) is 0. The Hall–Kier alpha value is -1.39. The Morgan fingerprint density at radius 1 is 1.44 bits per heavy atom. The molecule has 2 N–H and O–H groups in total. The third kappa shape index (κ3) is 2.89. The zero-order chi connectivity index (χ0) is 13.0. The molecule has 0 radical (unpaired) electrons. The SMILES string of the molecule is CC(CCO)CNC(=O)c1csc2ccccc12. The summed E-state index contributed by atoms with van der Waals surface area (Å²) in [6, 6.07) is 7.91. The molecule has 0 fully saturated rings. The maximum Gasteiger partial charge on any atom is 0.252 e. The highest BCUT2D eigenvalue weighted by Gasteiger charge is 2.12. The minimum absolute atomic E-state index is 0.0303. The van der Waals surface area contributed by atoms with Crippen LogP contribution in [0.4, 0.5) is 0 Å². The average molecular weight is 263 g/mol. The molecule has 18 heavy (non-hydrogen) atoms. The molecule has 0 aliphatic rings. The number of fused-ring (bicyclic) bond motifs is 1. The smallest absolute Gasteiger partial charge is 0.252 e. The Morgan fingerprint density at radius 3 is 3.00 bits per heavy atom. The highest BCUT2D eigenvalue weighted by atomic mass is 32.1. The van der Waals surface area contributed by atoms with E-state index in [9.17, 15) is 4.79 Å².